The zero-order valence-corrected chi connectivity index (χ0v) is 10.0. The highest BCUT2D eigenvalue weighted by atomic mass is 16.5. The molecule has 0 aliphatic carbocycles. The van der Waals surface area contributed by atoms with Crippen molar-refractivity contribution in [3.05, 3.63) is 41.9 Å². The van der Waals surface area contributed by atoms with Crippen molar-refractivity contribution < 1.29 is 14.6 Å². The first-order chi connectivity index (χ1) is 8.60. The van der Waals surface area contributed by atoms with Crippen molar-refractivity contribution in [2.75, 3.05) is 7.11 Å². The van der Waals surface area contributed by atoms with Gasteiger partial charge in [-0.25, -0.2) is 14.8 Å². The molecule has 0 radical (unpaired) electrons. The van der Waals surface area contributed by atoms with E-state index in [1.807, 2.05) is 12.1 Å². The summed E-state index contributed by atoms with van der Waals surface area (Å²) in [6.45, 7) is 1.74. The summed E-state index contributed by atoms with van der Waals surface area (Å²) < 4.78 is 5.06. The first-order valence-electron chi connectivity index (χ1n) is 5.33. The molecular weight excluding hydrogens is 232 g/mol. The average molecular weight is 244 g/mol. The molecule has 0 spiro atoms. The van der Waals surface area contributed by atoms with Gasteiger partial charge in [-0.05, 0) is 37.3 Å². The smallest absolute Gasteiger partial charge is 0.373 e. The molecule has 0 saturated heterocycles. The Bertz CT molecular complexity index is 579. The van der Waals surface area contributed by atoms with Crippen LogP contribution in [0.25, 0.3) is 11.3 Å². The lowest BCUT2D eigenvalue weighted by molar-refractivity contribution is 0.0683. The maximum absolute atomic E-state index is 10.9. The first kappa shape index (κ1) is 12.0. The van der Waals surface area contributed by atoms with E-state index in [0.29, 0.717) is 11.4 Å². The third-order valence-corrected chi connectivity index (χ3v) is 2.43. The zero-order valence-electron chi connectivity index (χ0n) is 10.0. The van der Waals surface area contributed by atoms with Crippen LogP contribution in [0.4, 0.5) is 0 Å². The lowest BCUT2D eigenvalue weighted by atomic mass is 10.1. The Balaban J connectivity index is 2.46. The van der Waals surface area contributed by atoms with Crippen molar-refractivity contribution in [2.24, 2.45) is 0 Å². The van der Waals surface area contributed by atoms with E-state index >= 15 is 0 Å². The fraction of sp³-hybridized carbons (Fsp3) is 0.154. The van der Waals surface area contributed by atoms with Crippen LogP contribution in [0.1, 0.15) is 16.3 Å². The fourth-order valence-electron chi connectivity index (χ4n) is 1.57. The van der Waals surface area contributed by atoms with Gasteiger partial charge in [0.05, 0.1) is 12.8 Å². The quantitative estimate of drug-likeness (QED) is 0.895. The number of benzene rings is 1. The summed E-state index contributed by atoms with van der Waals surface area (Å²) in [5, 5.41) is 8.92. The molecule has 5 nitrogen and oxygen atoms in total. The predicted octanol–water partition coefficient (Wildman–Crippen LogP) is 2.16. The molecule has 1 heterocycles. The number of hydrogen-bond donors (Lipinski definition) is 1. The van der Waals surface area contributed by atoms with Gasteiger partial charge in [-0.3, -0.25) is 0 Å². The third-order valence-electron chi connectivity index (χ3n) is 2.43. The Morgan fingerprint density at radius 3 is 2.44 bits per heavy atom. The molecule has 1 aromatic carbocycles. The molecule has 0 atom stereocenters. The number of nitrogens with zero attached hydrogens (tertiary/aromatic N) is 2. The van der Waals surface area contributed by atoms with Gasteiger partial charge in [-0.1, -0.05) is 0 Å². The van der Waals surface area contributed by atoms with Gasteiger partial charge in [0.15, 0.2) is 0 Å². The molecule has 92 valence electrons. The minimum Gasteiger partial charge on any atom is -0.497 e. The Hall–Kier alpha value is -2.43. The van der Waals surface area contributed by atoms with Gasteiger partial charge in [-0.2, -0.15) is 0 Å². The van der Waals surface area contributed by atoms with Crippen LogP contribution in [0, 0.1) is 6.92 Å². The highest BCUT2D eigenvalue weighted by molar-refractivity contribution is 5.84. The van der Waals surface area contributed by atoms with Crippen LogP contribution in [0.3, 0.4) is 0 Å². The number of hydrogen-bond acceptors (Lipinski definition) is 4. The van der Waals surface area contributed by atoms with E-state index in [4.69, 9.17) is 9.84 Å². The fourth-order valence-corrected chi connectivity index (χ4v) is 1.57. The molecule has 0 aliphatic heterocycles. The summed E-state index contributed by atoms with van der Waals surface area (Å²) in [7, 11) is 1.59. The summed E-state index contributed by atoms with van der Waals surface area (Å²) in [5.41, 5.74) is 2.03. The van der Waals surface area contributed by atoms with E-state index in [9.17, 15) is 4.79 Å². The number of ether oxygens (including phenoxy) is 1. The minimum absolute atomic E-state index is 0.194. The van der Waals surface area contributed by atoms with Crippen molar-refractivity contribution in [1.29, 1.82) is 0 Å². The molecule has 0 fully saturated rings. The zero-order chi connectivity index (χ0) is 13.1. The Morgan fingerprint density at radius 2 is 1.89 bits per heavy atom. The number of aryl methyl sites for hydroxylation is 1. The standard InChI is InChI=1S/C13H12N2O3/c1-8-7-11(15-12(14-8)13(16)17)9-3-5-10(18-2)6-4-9/h3-7H,1-2H3,(H,16,17). The molecule has 1 N–H and O–H groups in total. The number of carboxylic acid groups (broad SMARTS) is 1. The SMILES string of the molecule is COc1ccc(-c2cc(C)nc(C(=O)O)n2)cc1. The molecule has 18 heavy (non-hydrogen) atoms. The van der Waals surface area contributed by atoms with Gasteiger partial charge in [-0.15, -0.1) is 0 Å². The van der Waals surface area contributed by atoms with Crippen molar-refractivity contribution in [3.63, 3.8) is 0 Å². The van der Waals surface area contributed by atoms with E-state index < -0.39 is 5.97 Å². The number of aromatic nitrogens is 2. The van der Waals surface area contributed by atoms with E-state index in [-0.39, 0.29) is 5.82 Å². The van der Waals surface area contributed by atoms with Crippen molar-refractivity contribution >= 4 is 5.97 Å². The number of aromatic carboxylic acids is 1. The van der Waals surface area contributed by atoms with E-state index in [2.05, 4.69) is 9.97 Å². The van der Waals surface area contributed by atoms with Crippen LogP contribution < -0.4 is 4.74 Å². The third kappa shape index (κ3) is 2.45. The normalized spacial score (nSPS) is 10.1. The van der Waals surface area contributed by atoms with Crippen LogP contribution >= 0.6 is 0 Å². The Labute approximate surface area is 104 Å². The van der Waals surface area contributed by atoms with Crippen molar-refractivity contribution in [3.8, 4) is 17.0 Å². The van der Waals surface area contributed by atoms with Crippen molar-refractivity contribution in [1.82, 2.24) is 9.97 Å². The van der Waals surface area contributed by atoms with Crippen LogP contribution in [-0.2, 0) is 0 Å². The van der Waals surface area contributed by atoms with Gasteiger partial charge >= 0.3 is 5.97 Å². The number of rotatable bonds is 3. The van der Waals surface area contributed by atoms with E-state index in [0.717, 1.165) is 11.3 Å². The lowest BCUT2D eigenvalue weighted by Gasteiger charge is -2.05. The molecule has 1 aromatic heterocycles. The molecule has 0 aliphatic rings. The maximum atomic E-state index is 10.9. The van der Waals surface area contributed by atoms with Gasteiger partial charge in [0, 0.05) is 11.3 Å². The van der Waals surface area contributed by atoms with Gasteiger partial charge in [0.25, 0.3) is 0 Å². The van der Waals surface area contributed by atoms with Gasteiger partial charge < -0.3 is 9.84 Å². The molecule has 0 amide bonds. The Morgan fingerprint density at radius 1 is 1.22 bits per heavy atom. The second-order valence-electron chi connectivity index (χ2n) is 3.75. The summed E-state index contributed by atoms with van der Waals surface area (Å²) in [4.78, 5) is 18.8. The number of carbonyl (C=O) groups is 1. The minimum atomic E-state index is -1.13. The van der Waals surface area contributed by atoms with Crippen molar-refractivity contribution in [2.45, 2.75) is 6.92 Å². The lowest BCUT2D eigenvalue weighted by Crippen LogP contribution is -2.06. The average Bonchev–Trinajstić information content (AvgIpc) is 2.38. The molecule has 0 saturated carbocycles. The molecule has 5 heteroatoms. The van der Waals surface area contributed by atoms with E-state index in [1.54, 1.807) is 32.2 Å². The maximum Gasteiger partial charge on any atom is 0.373 e. The highest BCUT2D eigenvalue weighted by Crippen LogP contribution is 2.21. The second-order valence-corrected chi connectivity index (χ2v) is 3.75. The van der Waals surface area contributed by atoms with Crippen LogP contribution in [0.5, 0.6) is 5.75 Å². The summed E-state index contributed by atoms with van der Waals surface area (Å²) in [6.07, 6.45) is 0. The molecule has 2 aromatic rings. The summed E-state index contributed by atoms with van der Waals surface area (Å²) in [5.74, 6) is -0.586. The number of methoxy groups -OCH3 is 1. The Kier molecular flexibility index (Phi) is 3.23. The van der Waals surface area contributed by atoms with Crippen LogP contribution in [0.15, 0.2) is 30.3 Å². The van der Waals surface area contributed by atoms with Gasteiger partial charge in [0.2, 0.25) is 5.82 Å². The summed E-state index contributed by atoms with van der Waals surface area (Å²) in [6, 6.07) is 8.99. The van der Waals surface area contributed by atoms with Crippen LogP contribution in [-0.4, -0.2) is 28.2 Å². The van der Waals surface area contributed by atoms with Crippen LogP contribution in [0.2, 0.25) is 0 Å². The predicted molar refractivity (Wildman–Crippen MR) is 65.7 cm³/mol. The summed E-state index contributed by atoms with van der Waals surface area (Å²) >= 11 is 0. The largest absolute Gasteiger partial charge is 0.497 e. The number of carboxylic acids is 1. The highest BCUT2D eigenvalue weighted by Gasteiger charge is 2.10. The molecule has 2 rings (SSSR count). The first-order valence-corrected chi connectivity index (χ1v) is 5.33. The van der Waals surface area contributed by atoms with E-state index in [1.165, 1.54) is 0 Å². The molecular formula is C13H12N2O3. The topological polar surface area (TPSA) is 72.3 Å². The van der Waals surface area contributed by atoms with Gasteiger partial charge in [0.1, 0.15) is 5.75 Å². The monoisotopic (exact) mass is 244 g/mol. The molecule has 0 bridgehead atoms. The second kappa shape index (κ2) is 4.83. The molecule has 0 unspecified atom stereocenters.